The van der Waals surface area contributed by atoms with E-state index in [-0.39, 0.29) is 22.5 Å². The van der Waals surface area contributed by atoms with Gasteiger partial charge < -0.3 is 0 Å². The van der Waals surface area contributed by atoms with E-state index < -0.39 is 4.92 Å². The lowest BCUT2D eigenvalue weighted by molar-refractivity contribution is -0.384. The number of benzene rings is 2. The fourth-order valence-corrected chi connectivity index (χ4v) is 2.12. The summed E-state index contributed by atoms with van der Waals surface area (Å²) in [5.74, 6) is 0. The van der Waals surface area contributed by atoms with Crippen molar-refractivity contribution in [2.75, 3.05) is 0 Å². The Morgan fingerprint density at radius 3 is 2.50 bits per heavy atom. The predicted molar refractivity (Wildman–Crippen MR) is 74.9 cm³/mol. The molecule has 3 aromatic rings. The fourth-order valence-electron chi connectivity index (χ4n) is 2.12. The van der Waals surface area contributed by atoms with Crippen LogP contribution in [0.1, 0.15) is 11.1 Å². The lowest BCUT2D eigenvalue weighted by atomic mass is 10.1. The van der Waals surface area contributed by atoms with Crippen molar-refractivity contribution < 1.29 is 4.92 Å². The number of aromatic nitrogens is 3. The van der Waals surface area contributed by atoms with Crippen LogP contribution in [0, 0.1) is 32.8 Å². The zero-order valence-corrected chi connectivity index (χ0v) is 11.0. The normalized spacial score (nSPS) is 10.1. The molecule has 2 aromatic carbocycles. The van der Waals surface area contributed by atoms with Crippen LogP contribution < -0.4 is 0 Å². The van der Waals surface area contributed by atoms with E-state index in [1.807, 2.05) is 6.07 Å². The van der Waals surface area contributed by atoms with E-state index in [1.54, 1.807) is 30.3 Å². The molecule has 8 nitrogen and oxygen atoms in total. The first kappa shape index (κ1) is 13.2. The van der Waals surface area contributed by atoms with Gasteiger partial charge in [0.05, 0.1) is 21.6 Å². The Hall–Kier alpha value is -3.78. The average Bonchev–Trinajstić information content (AvgIpc) is 2.97. The number of para-hydroxylation sites is 1. The minimum Gasteiger partial charge on any atom is -0.258 e. The van der Waals surface area contributed by atoms with Crippen molar-refractivity contribution in [2.45, 2.75) is 0 Å². The van der Waals surface area contributed by atoms with Crippen LogP contribution in [-0.4, -0.2) is 19.9 Å². The number of nitro benzene ring substituents is 1. The molecular formula is C14H6N6O2. The van der Waals surface area contributed by atoms with E-state index in [0.29, 0.717) is 11.0 Å². The summed E-state index contributed by atoms with van der Waals surface area (Å²) in [6.07, 6.45) is 0. The molecule has 0 amide bonds. The van der Waals surface area contributed by atoms with Gasteiger partial charge in [0.25, 0.3) is 5.69 Å². The van der Waals surface area contributed by atoms with E-state index in [1.165, 1.54) is 10.7 Å². The maximum atomic E-state index is 11.3. The molecule has 0 aliphatic heterocycles. The Labute approximate surface area is 123 Å². The molecule has 0 aliphatic rings. The Balaban J connectivity index is 2.37. The maximum absolute atomic E-state index is 11.3. The standard InChI is InChI=1S/C14H6N6O2/c15-7-9-5-13(14(20(21)22)6-10(9)8-16)19-12-4-2-1-3-11(12)17-18-19/h1-6H. The molecule has 0 saturated heterocycles. The van der Waals surface area contributed by atoms with Crippen LogP contribution in [0.2, 0.25) is 0 Å². The molecule has 104 valence electrons. The number of nitrogens with zero attached hydrogens (tertiary/aromatic N) is 6. The molecule has 0 unspecified atom stereocenters. The smallest absolute Gasteiger partial charge is 0.258 e. The van der Waals surface area contributed by atoms with Crippen molar-refractivity contribution in [1.82, 2.24) is 15.0 Å². The number of hydrogen-bond acceptors (Lipinski definition) is 6. The van der Waals surface area contributed by atoms with Gasteiger partial charge in [-0.25, -0.2) is 4.68 Å². The molecule has 0 radical (unpaired) electrons. The fraction of sp³-hybridized carbons (Fsp3) is 0. The van der Waals surface area contributed by atoms with Crippen molar-refractivity contribution >= 4 is 16.7 Å². The molecule has 0 bridgehead atoms. The van der Waals surface area contributed by atoms with E-state index >= 15 is 0 Å². The molecule has 0 spiro atoms. The summed E-state index contributed by atoms with van der Waals surface area (Å²) in [5.41, 5.74) is 0.907. The predicted octanol–water partition coefficient (Wildman–Crippen LogP) is 2.07. The van der Waals surface area contributed by atoms with Crippen LogP contribution in [0.4, 0.5) is 5.69 Å². The Kier molecular flexibility index (Phi) is 2.98. The molecule has 0 fully saturated rings. The molecule has 0 N–H and O–H groups in total. The van der Waals surface area contributed by atoms with Crippen molar-refractivity contribution in [3.05, 3.63) is 57.6 Å². The third kappa shape index (κ3) is 1.92. The molecular weight excluding hydrogens is 284 g/mol. The summed E-state index contributed by atoms with van der Waals surface area (Å²) in [4.78, 5) is 10.7. The summed E-state index contributed by atoms with van der Waals surface area (Å²) in [6.45, 7) is 0. The minimum absolute atomic E-state index is 0.0441. The van der Waals surface area contributed by atoms with Gasteiger partial charge in [-0.3, -0.25) is 10.1 Å². The second-order valence-electron chi connectivity index (χ2n) is 4.36. The van der Waals surface area contributed by atoms with Crippen LogP contribution in [0.25, 0.3) is 16.7 Å². The lowest BCUT2D eigenvalue weighted by Crippen LogP contribution is -2.04. The van der Waals surface area contributed by atoms with Crippen LogP contribution >= 0.6 is 0 Å². The van der Waals surface area contributed by atoms with Crippen LogP contribution in [0.5, 0.6) is 0 Å². The molecule has 0 aliphatic carbocycles. The third-order valence-electron chi connectivity index (χ3n) is 3.13. The highest BCUT2D eigenvalue weighted by Gasteiger charge is 2.22. The van der Waals surface area contributed by atoms with Gasteiger partial charge >= 0.3 is 0 Å². The van der Waals surface area contributed by atoms with E-state index in [4.69, 9.17) is 10.5 Å². The summed E-state index contributed by atoms with van der Waals surface area (Å²) >= 11 is 0. The highest BCUT2D eigenvalue weighted by Crippen LogP contribution is 2.28. The lowest BCUT2D eigenvalue weighted by Gasteiger charge is -2.05. The number of hydrogen-bond donors (Lipinski definition) is 0. The SMILES string of the molecule is N#Cc1cc(-n2nnc3ccccc32)c([N+](=O)[O-])cc1C#N. The molecule has 8 heteroatoms. The second kappa shape index (κ2) is 4.96. The van der Waals surface area contributed by atoms with E-state index in [9.17, 15) is 10.1 Å². The van der Waals surface area contributed by atoms with Crippen molar-refractivity contribution in [1.29, 1.82) is 10.5 Å². The van der Waals surface area contributed by atoms with Gasteiger partial charge in [-0.15, -0.1) is 5.10 Å². The first-order valence-corrected chi connectivity index (χ1v) is 6.09. The van der Waals surface area contributed by atoms with Gasteiger partial charge in [0.15, 0.2) is 0 Å². The van der Waals surface area contributed by atoms with Crippen LogP contribution in [-0.2, 0) is 0 Å². The number of nitro groups is 1. The maximum Gasteiger partial charge on any atom is 0.296 e. The van der Waals surface area contributed by atoms with Gasteiger partial charge in [-0.2, -0.15) is 10.5 Å². The van der Waals surface area contributed by atoms with Gasteiger partial charge in [-0.05, 0) is 18.2 Å². The first-order chi connectivity index (χ1) is 10.7. The van der Waals surface area contributed by atoms with Crippen LogP contribution in [0.15, 0.2) is 36.4 Å². The Bertz CT molecular complexity index is 993. The first-order valence-electron chi connectivity index (χ1n) is 6.09. The molecule has 1 heterocycles. The second-order valence-corrected chi connectivity index (χ2v) is 4.36. The number of fused-ring (bicyclic) bond motifs is 1. The molecule has 0 atom stereocenters. The number of rotatable bonds is 2. The quantitative estimate of drug-likeness (QED) is 0.526. The Morgan fingerprint density at radius 1 is 1.14 bits per heavy atom. The van der Waals surface area contributed by atoms with Gasteiger partial charge in [0, 0.05) is 6.07 Å². The zero-order valence-electron chi connectivity index (χ0n) is 11.0. The zero-order chi connectivity index (χ0) is 15.7. The summed E-state index contributed by atoms with van der Waals surface area (Å²) < 4.78 is 1.29. The van der Waals surface area contributed by atoms with Crippen molar-refractivity contribution in [3.8, 4) is 17.8 Å². The Morgan fingerprint density at radius 2 is 1.82 bits per heavy atom. The summed E-state index contributed by atoms with van der Waals surface area (Å²) in [6, 6.07) is 12.9. The van der Waals surface area contributed by atoms with Gasteiger partial charge in [0.2, 0.25) is 0 Å². The van der Waals surface area contributed by atoms with Crippen LogP contribution in [0.3, 0.4) is 0 Å². The molecule has 0 saturated carbocycles. The average molecular weight is 290 g/mol. The topological polar surface area (TPSA) is 121 Å². The molecule has 3 rings (SSSR count). The van der Waals surface area contributed by atoms with E-state index in [0.717, 1.165) is 6.07 Å². The van der Waals surface area contributed by atoms with Crippen molar-refractivity contribution in [2.24, 2.45) is 0 Å². The van der Waals surface area contributed by atoms with Crippen molar-refractivity contribution in [3.63, 3.8) is 0 Å². The highest BCUT2D eigenvalue weighted by atomic mass is 16.6. The third-order valence-corrected chi connectivity index (χ3v) is 3.13. The monoisotopic (exact) mass is 290 g/mol. The minimum atomic E-state index is -0.617. The summed E-state index contributed by atoms with van der Waals surface area (Å²) in [5, 5.41) is 37.2. The number of nitriles is 2. The highest BCUT2D eigenvalue weighted by molar-refractivity contribution is 5.77. The van der Waals surface area contributed by atoms with Gasteiger partial charge in [-0.1, -0.05) is 17.3 Å². The molecule has 22 heavy (non-hydrogen) atoms. The largest absolute Gasteiger partial charge is 0.296 e. The van der Waals surface area contributed by atoms with E-state index in [2.05, 4.69) is 10.3 Å². The molecule has 1 aromatic heterocycles. The summed E-state index contributed by atoms with van der Waals surface area (Å²) in [7, 11) is 0. The van der Waals surface area contributed by atoms with Gasteiger partial charge in [0.1, 0.15) is 23.3 Å².